The second kappa shape index (κ2) is 6.46. The van der Waals surface area contributed by atoms with Gasteiger partial charge in [0.1, 0.15) is 5.82 Å². The number of rotatable bonds is 5. The van der Waals surface area contributed by atoms with E-state index in [1.54, 1.807) is 0 Å². The minimum absolute atomic E-state index is 0.499. The Labute approximate surface area is 138 Å². The van der Waals surface area contributed by atoms with Crippen LogP contribution in [0.2, 0.25) is 0 Å². The average Bonchev–Trinajstić information content (AvgIpc) is 3.30. The van der Waals surface area contributed by atoms with E-state index in [1.807, 2.05) is 6.20 Å². The molecular formula is C18H27N5. The molecule has 0 aromatic carbocycles. The smallest absolute Gasteiger partial charge is 0.154 e. The highest BCUT2D eigenvalue weighted by Gasteiger charge is 2.28. The molecule has 0 saturated heterocycles. The highest BCUT2D eigenvalue weighted by molar-refractivity contribution is 5.13. The van der Waals surface area contributed by atoms with Crippen LogP contribution in [0.25, 0.3) is 0 Å². The van der Waals surface area contributed by atoms with Gasteiger partial charge in [-0.05, 0) is 38.2 Å². The Kier molecular flexibility index (Phi) is 4.19. The standard InChI is InChI=1S/C18H27N5/c1-2-3-11-23-18(20-17(21-23)14-6-4-5-7-14)15-9-12-22-16(13-15)8-10-19-22/h8,10,14-15H,2-7,9,11-13H2,1H3/t15-/m0/s1. The SMILES string of the molecule is CCCCn1nc(C2CCCC2)nc1[C@H]1CCn2nccc2C1. The van der Waals surface area contributed by atoms with E-state index in [-0.39, 0.29) is 0 Å². The van der Waals surface area contributed by atoms with Gasteiger partial charge in [0, 0.05) is 36.8 Å². The maximum atomic E-state index is 5.05. The highest BCUT2D eigenvalue weighted by atomic mass is 15.4. The molecule has 2 aromatic rings. The first-order valence-corrected chi connectivity index (χ1v) is 9.30. The Hall–Kier alpha value is -1.65. The fourth-order valence-electron chi connectivity index (χ4n) is 4.09. The molecule has 1 saturated carbocycles. The van der Waals surface area contributed by atoms with E-state index < -0.39 is 0 Å². The van der Waals surface area contributed by atoms with Gasteiger partial charge in [0.15, 0.2) is 5.82 Å². The number of hydrogen-bond donors (Lipinski definition) is 0. The molecule has 1 atom stereocenters. The lowest BCUT2D eigenvalue weighted by Crippen LogP contribution is -2.21. The predicted octanol–water partition coefficient (Wildman–Crippen LogP) is 3.66. The zero-order valence-electron chi connectivity index (χ0n) is 14.1. The summed E-state index contributed by atoms with van der Waals surface area (Å²) < 4.78 is 4.37. The minimum atomic E-state index is 0.499. The summed E-state index contributed by atoms with van der Waals surface area (Å²) in [5.41, 5.74) is 1.34. The first-order chi connectivity index (χ1) is 11.3. The van der Waals surface area contributed by atoms with E-state index in [9.17, 15) is 0 Å². The Morgan fingerprint density at radius 2 is 2.04 bits per heavy atom. The van der Waals surface area contributed by atoms with Crippen LogP contribution in [-0.4, -0.2) is 24.5 Å². The van der Waals surface area contributed by atoms with Crippen molar-refractivity contribution >= 4 is 0 Å². The van der Waals surface area contributed by atoms with Gasteiger partial charge in [-0.3, -0.25) is 4.68 Å². The van der Waals surface area contributed by atoms with E-state index in [4.69, 9.17) is 10.1 Å². The topological polar surface area (TPSA) is 48.5 Å². The largest absolute Gasteiger partial charge is 0.270 e. The van der Waals surface area contributed by atoms with Crippen molar-refractivity contribution < 1.29 is 0 Å². The molecule has 1 aliphatic heterocycles. The van der Waals surface area contributed by atoms with Gasteiger partial charge >= 0.3 is 0 Å². The first-order valence-electron chi connectivity index (χ1n) is 9.30. The van der Waals surface area contributed by atoms with E-state index in [0.717, 1.165) is 31.8 Å². The normalized spacial score (nSPS) is 21.7. The van der Waals surface area contributed by atoms with Crippen LogP contribution in [0.3, 0.4) is 0 Å². The lowest BCUT2D eigenvalue weighted by atomic mass is 9.95. The fourth-order valence-corrected chi connectivity index (χ4v) is 4.09. The molecule has 2 aliphatic rings. The molecule has 1 fully saturated rings. The van der Waals surface area contributed by atoms with Crippen LogP contribution in [0.4, 0.5) is 0 Å². The van der Waals surface area contributed by atoms with Crippen LogP contribution in [0.1, 0.15) is 81.0 Å². The van der Waals surface area contributed by atoms with Gasteiger partial charge in [0.2, 0.25) is 0 Å². The second-order valence-corrected chi connectivity index (χ2v) is 7.12. The van der Waals surface area contributed by atoms with Crippen LogP contribution >= 0.6 is 0 Å². The van der Waals surface area contributed by atoms with Crippen LogP contribution in [0, 0.1) is 0 Å². The average molecular weight is 313 g/mol. The number of nitrogens with zero attached hydrogens (tertiary/aromatic N) is 5. The van der Waals surface area contributed by atoms with Gasteiger partial charge in [-0.2, -0.15) is 10.2 Å². The summed E-state index contributed by atoms with van der Waals surface area (Å²) in [7, 11) is 0. The molecule has 1 aliphatic carbocycles. The molecule has 23 heavy (non-hydrogen) atoms. The van der Waals surface area contributed by atoms with Gasteiger partial charge in [0.05, 0.1) is 0 Å². The Morgan fingerprint density at radius 3 is 2.87 bits per heavy atom. The van der Waals surface area contributed by atoms with Crippen molar-refractivity contribution in [1.82, 2.24) is 24.5 Å². The third-order valence-electron chi connectivity index (χ3n) is 5.48. The van der Waals surface area contributed by atoms with Crippen molar-refractivity contribution in [3.8, 4) is 0 Å². The van der Waals surface area contributed by atoms with Crippen LogP contribution in [-0.2, 0) is 19.5 Å². The van der Waals surface area contributed by atoms with Crippen molar-refractivity contribution in [2.45, 2.75) is 83.2 Å². The van der Waals surface area contributed by atoms with Gasteiger partial charge in [-0.25, -0.2) is 9.67 Å². The Morgan fingerprint density at radius 1 is 1.17 bits per heavy atom. The minimum Gasteiger partial charge on any atom is -0.270 e. The molecule has 0 spiro atoms. The zero-order valence-corrected chi connectivity index (χ0v) is 14.1. The monoisotopic (exact) mass is 313 g/mol. The van der Waals surface area contributed by atoms with Crippen LogP contribution in [0.15, 0.2) is 12.3 Å². The Bertz CT molecular complexity index is 650. The van der Waals surface area contributed by atoms with Gasteiger partial charge in [-0.1, -0.05) is 26.2 Å². The number of aryl methyl sites for hydroxylation is 2. The summed E-state index contributed by atoms with van der Waals surface area (Å²) >= 11 is 0. The zero-order chi connectivity index (χ0) is 15.6. The molecule has 3 heterocycles. The van der Waals surface area contributed by atoms with Crippen LogP contribution in [0.5, 0.6) is 0 Å². The summed E-state index contributed by atoms with van der Waals surface area (Å²) in [4.78, 5) is 5.05. The molecule has 4 rings (SSSR count). The summed E-state index contributed by atoms with van der Waals surface area (Å²) in [6.07, 6.45) is 11.7. The fraction of sp³-hybridized carbons (Fsp3) is 0.722. The molecule has 0 radical (unpaired) electrons. The lowest BCUT2D eigenvalue weighted by molar-refractivity contribution is 0.407. The molecule has 0 N–H and O–H groups in total. The summed E-state index contributed by atoms with van der Waals surface area (Å²) in [5, 5.41) is 9.33. The number of fused-ring (bicyclic) bond motifs is 1. The highest BCUT2D eigenvalue weighted by Crippen LogP contribution is 2.34. The molecule has 2 aromatic heterocycles. The van der Waals surface area contributed by atoms with E-state index in [1.165, 1.54) is 50.0 Å². The molecule has 5 nitrogen and oxygen atoms in total. The van der Waals surface area contributed by atoms with Crippen molar-refractivity contribution in [2.75, 3.05) is 0 Å². The lowest BCUT2D eigenvalue weighted by Gasteiger charge is -2.23. The predicted molar refractivity (Wildman–Crippen MR) is 89.4 cm³/mol. The molecule has 0 amide bonds. The molecular weight excluding hydrogens is 286 g/mol. The number of aromatic nitrogens is 5. The summed E-state index contributed by atoms with van der Waals surface area (Å²) in [6.45, 7) is 4.27. The second-order valence-electron chi connectivity index (χ2n) is 7.12. The van der Waals surface area contributed by atoms with Crippen LogP contribution < -0.4 is 0 Å². The van der Waals surface area contributed by atoms with E-state index in [2.05, 4.69) is 27.5 Å². The summed E-state index contributed by atoms with van der Waals surface area (Å²) in [6, 6.07) is 2.15. The molecule has 0 bridgehead atoms. The van der Waals surface area contributed by atoms with Crippen molar-refractivity contribution in [3.05, 3.63) is 29.6 Å². The van der Waals surface area contributed by atoms with Gasteiger partial charge in [0.25, 0.3) is 0 Å². The van der Waals surface area contributed by atoms with Crippen molar-refractivity contribution in [3.63, 3.8) is 0 Å². The summed E-state index contributed by atoms with van der Waals surface area (Å²) in [5.74, 6) is 3.45. The Balaban J connectivity index is 1.60. The molecule has 0 unspecified atom stereocenters. The van der Waals surface area contributed by atoms with Crippen molar-refractivity contribution in [1.29, 1.82) is 0 Å². The third-order valence-corrected chi connectivity index (χ3v) is 5.48. The van der Waals surface area contributed by atoms with E-state index >= 15 is 0 Å². The maximum absolute atomic E-state index is 5.05. The van der Waals surface area contributed by atoms with E-state index in [0.29, 0.717) is 11.8 Å². The first kappa shape index (κ1) is 14.9. The van der Waals surface area contributed by atoms with Gasteiger partial charge < -0.3 is 0 Å². The quantitative estimate of drug-likeness (QED) is 0.846. The third kappa shape index (κ3) is 2.93. The van der Waals surface area contributed by atoms with Gasteiger partial charge in [-0.15, -0.1) is 0 Å². The maximum Gasteiger partial charge on any atom is 0.154 e. The number of hydrogen-bond acceptors (Lipinski definition) is 3. The molecule has 124 valence electrons. The molecule has 5 heteroatoms. The van der Waals surface area contributed by atoms with Crippen molar-refractivity contribution in [2.24, 2.45) is 0 Å². The number of unbranched alkanes of at least 4 members (excludes halogenated alkanes) is 1.